The molecule has 1 amide bonds. The third-order valence-electron chi connectivity index (χ3n) is 5.64. The van der Waals surface area contributed by atoms with Gasteiger partial charge in [0.2, 0.25) is 5.91 Å². The minimum Gasteiger partial charge on any atom is -0.361 e. The van der Waals surface area contributed by atoms with E-state index in [9.17, 15) is 4.79 Å². The van der Waals surface area contributed by atoms with Gasteiger partial charge in [0.1, 0.15) is 11.6 Å². The van der Waals surface area contributed by atoms with Gasteiger partial charge in [-0.1, -0.05) is 35.5 Å². The van der Waals surface area contributed by atoms with Crippen LogP contribution in [-0.2, 0) is 17.8 Å². The highest BCUT2D eigenvalue weighted by atomic mass is 16.5. The Labute approximate surface area is 170 Å². The lowest BCUT2D eigenvalue weighted by molar-refractivity contribution is -0.132. The highest BCUT2D eigenvalue weighted by molar-refractivity contribution is 5.79. The molecule has 0 bridgehead atoms. The summed E-state index contributed by atoms with van der Waals surface area (Å²) in [6.07, 6.45) is 4.26. The fourth-order valence-corrected chi connectivity index (χ4v) is 3.82. The number of nitrogens with zero attached hydrogens (tertiary/aromatic N) is 5. The van der Waals surface area contributed by atoms with Gasteiger partial charge in [0, 0.05) is 62.8 Å². The molecule has 7 heteroatoms. The summed E-state index contributed by atoms with van der Waals surface area (Å²) in [6.45, 7) is 8.89. The molecule has 1 aliphatic rings. The maximum absolute atomic E-state index is 12.6. The second kappa shape index (κ2) is 8.61. The van der Waals surface area contributed by atoms with Crippen LogP contribution in [0.4, 0.5) is 0 Å². The average molecular weight is 393 g/mol. The molecular weight excluding hydrogens is 366 g/mol. The number of piperazine rings is 1. The zero-order valence-corrected chi connectivity index (χ0v) is 17.0. The van der Waals surface area contributed by atoms with E-state index in [1.807, 2.05) is 49.3 Å². The Kier molecular flexibility index (Phi) is 5.76. The smallest absolute Gasteiger partial charge is 0.227 e. The normalized spacial score (nSPS) is 15.0. The van der Waals surface area contributed by atoms with Crippen LogP contribution in [-0.4, -0.2) is 63.1 Å². The van der Waals surface area contributed by atoms with E-state index >= 15 is 0 Å². The topological polar surface area (TPSA) is 67.4 Å². The minimum atomic E-state index is 0.153. The molecule has 7 nitrogen and oxygen atoms in total. The van der Waals surface area contributed by atoms with Crippen molar-refractivity contribution in [2.75, 3.05) is 32.7 Å². The summed E-state index contributed by atoms with van der Waals surface area (Å²) in [5.74, 6) is 1.89. The number of rotatable bonds is 6. The van der Waals surface area contributed by atoms with Gasteiger partial charge in [-0.3, -0.25) is 9.69 Å². The molecule has 0 atom stereocenters. The van der Waals surface area contributed by atoms with Crippen molar-refractivity contribution >= 4 is 5.91 Å². The Morgan fingerprint density at radius 2 is 1.83 bits per heavy atom. The number of aromatic nitrogens is 3. The first-order valence-electron chi connectivity index (χ1n) is 10.1. The molecular formula is C22H27N5O2. The van der Waals surface area contributed by atoms with Crippen LogP contribution in [0.1, 0.15) is 17.0 Å². The zero-order valence-electron chi connectivity index (χ0n) is 17.0. The number of amides is 1. The van der Waals surface area contributed by atoms with Gasteiger partial charge in [-0.15, -0.1) is 0 Å². The van der Waals surface area contributed by atoms with Crippen LogP contribution in [0.15, 0.2) is 47.2 Å². The molecule has 0 spiro atoms. The fourth-order valence-electron chi connectivity index (χ4n) is 3.82. The van der Waals surface area contributed by atoms with E-state index in [0.717, 1.165) is 67.7 Å². The number of benzene rings is 1. The number of aryl methyl sites for hydroxylation is 2. The largest absolute Gasteiger partial charge is 0.361 e. The monoisotopic (exact) mass is 393 g/mol. The summed E-state index contributed by atoms with van der Waals surface area (Å²) in [7, 11) is 0. The molecule has 3 heterocycles. The first-order valence-corrected chi connectivity index (χ1v) is 10.1. The van der Waals surface area contributed by atoms with Gasteiger partial charge in [-0.05, 0) is 13.8 Å². The SMILES string of the molecule is Cc1noc(C)c1CC(=O)N1CCN(CCn2ccnc2-c2ccccc2)CC1. The Morgan fingerprint density at radius 1 is 1.07 bits per heavy atom. The number of hydrogen-bond acceptors (Lipinski definition) is 5. The molecule has 0 saturated carbocycles. The lowest BCUT2D eigenvalue weighted by Gasteiger charge is -2.35. The molecule has 1 aromatic carbocycles. The minimum absolute atomic E-state index is 0.153. The first kappa shape index (κ1) is 19.4. The average Bonchev–Trinajstić information content (AvgIpc) is 3.35. The van der Waals surface area contributed by atoms with Crippen LogP contribution in [0, 0.1) is 13.8 Å². The van der Waals surface area contributed by atoms with Crippen LogP contribution >= 0.6 is 0 Å². The van der Waals surface area contributed by atoms with Crippen molar-refractivity contribution in [3.05, 3.63) is 59.7 Å². The molecule has 29 heavy (non-hydrogen) atoms. The molecule has 4 rings (SSSR count). The van der Waals surface area contributed by atoms with Crippen LogP contribution < -0.4 is 0 Å². The van der Waals surface area contributed by atoms with Crippen LogP contribution in [0.3, 0.4) is 0 Å². The van der Waals surface area contributed by atoms with E-state index < -0.39 is 0 Å². The first-order chi connectivity index (χ1) is 14.1. The summed E-state index contributed by atoms with van der Waals surface area (Å²) >= 11 is 0. The van der Waals surface area contributed by atoms with E-state index in [-0.39, 0.29) is 5.91 Å². The number of carbonyl (C=O) groups is 1. The summed E-state index contributed by atoms with van der Waals surface area (Å²) in [5.41, 5.74) is 2.86. The van der Waals surface area contributed by atoms with E-state index in [2.05, 4.69) is 31.7 Å². The van der Waals surface area contributed by atoms with Gasteiger partial charge in [0.15, 0.2) is 0 Å². The second-order valence-electron chi connectivity index (χ2n) is 7.51. The maximum atomic E-state index is 12.6. The van der Waals surface area contributed by atoms with E-state index in [0.29, 0.717) is 6.42 Å². The van der Waals surface area contributed by atoms with Crippen LogP contribution in [0.2, 0.25) is 0 Å². The van der Waals surface area contributed by atoms with E-state index in [4.69, 9.17) is 4.52 Å². The molecule has 2 aromatic heterocycles. The molecule has 3 aromatic rings. The molecule has 1 aliphatic heterocycles. The quantitative estimate of drug-likeness (QED) is 0.644. The predicted octanol–water partition coefficient (Wildman–Crippen LogP) is 2.54. The Morgan fingerprint density at radius 3 is 2.52 bits per heavy atom. The van der Waals surface area contributed by atoms with Crippen molar-refractivity contribution in [3.63, 3.8) is 0 Å². The van der Waals surface area contributed by atoms with Crippen molar-refractivity contribution in [1.82, 2.24) is 24.5 Å². The molecule has 152 valence electrons. The van der Waals surface area contributed by atoms with Crippen molar-refractivity contribution in [2.45, 2.75) is 26.8 Å². The molecule has 0 N–H and O–H groups in total. The zero-order chi connectivity index (χ0) is 20.2. The van der Waals surface area contributed by atoms with Gasteiger partial charge in [-0.2, -0.15) is 0 Å². The lowest BCUT2D eigenvalue weighted by atomic mass is 10.1. The summed E-state index contributed by atoms with van der Waals surface area (Å²) in [4.78, 5) is 21.5. The predicted molar refractivity (Wildman–Crippen MR) is 110 cm³/mol. The standard InChI is InChI=1S/C22H27N5O2/c1-17-20(18(2)29-24-17)16-21(28)26-13-10-25(11-14-26)12-15-27-9-8-23-22(27)19-6-4-3-5-7-19/h3-9H,10-16H2,1-2H3. The van der Waals surface area contributed by atoms with Crippen molar-refractivity contribution in [2.24, 2.45) is 0 Å². The Balaban J connectivity index is 1.28. The third-order valence-corrected chi connectivity index (χ3v) is 5.64. The second-order valence-corrected chi connectivity index (χ2v) is 7.51. The van der Waals surface area contributed by atoms with Gasteiger partial charge < -0.3 is 14.0 Å². The summed E-state index contributed by atoms with van der Waals surface area (Å²) in [6, 6.07) is 10.3. The number of imidazole rings is 1. The molecule has 1 saturated heterocycles. The van der Waals surface area contributed by atoms with Crippen molar-refractivity contribution in [3.8, 4) is 11.4 Å². The lowest BCUT2D eigenvalue weighted by Crippen LogP contribution is -2.49. The summed E-state index contributed by atoms with van der Waals surface area (Å²) in [5, 5.41) is 3.94. The third kappa shape index (κ3) is 4.40. The number of carbonyl (C=O) groups excluding carboxylic acids is 1. The van der Waals surface area contributed by atoms with Crippen LogP contribution in [0.25, 0.3) is 11.4 Å². The molecule has 0 unspecified atom stereocenters. The van der Waals surface area contributed by atoms with E-state index in [1.54, 1.807) is 0 Å². The van der Waals surface area contributed by atoms with Gasteiger partial charge in [0.05, 0.1) is 12.1 Å². The van der Waals surface area contributed by atoms with Crippen LogP contribution in [0.5, 0.6) is 0 Å². The van der Waals surface area contributed by atoms with Crippen molar-refractivity contribution in [1.29, 1.82) is 0 Å². The van der Waals surface area contributed by atoms with Gasteiger partial charge >= 0.3 is 0 Å². The van der Waals surface area contributed by atoms with Crippen molar-refractivity contribution < 1.29 is 9.32 Å². The van der Waals surface area contributed by atoms with Gasteiger partial charge in [-0.25, -0.2) is 4.98 Å². The maximum Gasteiger partial charge on any atom is 0.227 e. The Bertz CT molecular complexity index is 935. The highest BCUT2D eigenvalue weighted by Gasteiger charge is 2.23. The summed E-state index contributed by atoms with van der Waals surface area (Å²) < 4.78 is 7.37. The van der Waals surface area contributed by atoms with E-state index in [1.165, 1.54) is 0 Å². The highest BCUT2D eigenvalue weighted by Crippen LogP contribution is 2.17. The van der Waals surface area contributed by atoms with Gasteiger partial charge in [0.25, 0.3) is 0 Å². The molecule has 0 aliphatic carbocycles. The number of hydrogen-bond donors (Lipinski definition) is 0. The molecule has 1 fully saturated rings. The Hall–Kier alpha value is -2.93. The molecule has 0 radical (unpaired) electrons. The fraction of sp³-hybridized carbons (Fsp3) is 0.409.